The highest BCUT2D eigenvalue weighted by molar-refractivity contribution is 6.30. The summed E-state index contributed by atoms with van der Waals surface area (Å²) < 4.78 is 1.86. The molecule has 0 atom stereocenters. The molecule has 1 aromatic heterocycles. The summed E-state index contributed by atoms with van der Waals surface area (Å²) in [6, 6.07) is 15.1. The third-order valence-corrected chi connectivity index (χ3v) is 5.48. The molecule has 0 unspecified atom stereocenters. The van der Waals surface area contributed by atoms with E-state index in [-0.39, 0.29) is 17.9 Å². The standard InChI is InChI=1S/C22H22ClN3O2/c1-16-5-6-20-19(13-16)21(27)7-8-26(20)15-22(28)25-11-9-24(10-12-25)18-4-2-3-17(23)14-18/h2-8,13-14H,9-12,15H2,1H3. The van der Waals surface area contributed by atoms with Gasteiger partial charge in [0, 0.05) is 54.5 Å². The number of aromatic nitrogens is 1. The number of amides is 1. The summed E-state index contributed by atoms with van der Waals surface area (Å²) in [5.41, 5.74) is 2.90. The molecular formula is C22H22ClN3O2. The zero-order chi connectivity index (χ0) is 19.7. The summed E-state index contributed by atoms with van der Waals surface area (Å²) in [5.74, 6) is 0.0660. The van der Waals surface area contributed by atoms with Crippen LogP contribution in [0.25, 0.3) is 10.9 Å². The van der Waals surface area contributed by atoms with Crippen LogP contribution in [0.1, 0.15) is 5.56 Å². The van der Waals surface area contributed by atoms with Gasteiger partial charge in [-0.15, -0.1) is 0 Å². The molecule has 1 aliphatic rings. The minimum atomic E-state index is -0.0162. The monoisotopic (exact) mass is 395 g/mol. The number of benzene rings is 2. The van der Waals surface area contributed by atoms with E-state index in [9.17, 15) is 9.59 Å². The lowest BCUT2D eigenvalue weighted by atomic mass is 10.1. The van der Waals surface area contributed by atoms with Crippen LogP contribution in [-0.2, 0) is 11.3 Å². The number of pyridine rings is 1. The van der Waals surface area contributed by atoms with Crippen LogP contribution in [0.3, 0.4) is 0 Å². The van der Waals surface area contributed by atoms with Crippen molar-refractivity contribution in [3.05, 3.63) is 75.5 Å². The van der Waals surface area contributed by atoms with Gasteiger partial charge in [0.1, 0.15) is 6.54 Å². The zero-order valence-corrected chi connectivity index (χ0v) is 16.5. The number of carbonyl (C=O) groups is 1. The Hall–Kier alpha value is -2.79. The van der Waals surface area contributed by atoms with Crippen molar-refractivity contribution in [1.82, 2.24) is 9.47 Å². The minimum absolute atomic E-state index is 0.0162. The quantitative estimate of drug-likeness (QED) is 0.683. The van der Waals surface area contributed by atoms with Gasteiger partial charge in [-0.1, -0.05) is 29.3 Å². The van der Waals surface area contributed by atoms with Gasteiger partial charge in [-0.25, -0.2) is 0 Å². The first kappa shape index (κ1) is 18.6. The van der Waals surface area contributed by atoms with E-state index in [0.717, 1.165) is 34.9 Å². The minimum Gasteiger partial charge on any atom is -0.368 e. The topological polar surface area (TPSA) is 45.6 Å². The van der Waals surface area contributed by atoms with Crippen molar-refractivity contribution in [3.63, 3.8) is 0 Å². The predicted molar refractivity (Wildman–Crippen MR) is 113 cm³/mol. The Bertz CT molecular complexity index is 1080. The third kappa shape index (κ3) is 3.76. The predicted octanol–water partition coefficient (Wildman–Crippen LogP) is 3.31. The molecule has 2 heterocycles. The van der Waals surface area contributed by atoms with E-state index in [4.69, 9.17) is 11.6 Å². The second kappa shape index (κ2) is 7.68. The number of hydrogen-bond donors (Lipinski definition) is 0. The average molecular weight is 396 g/mol. The van der Waals surface area contributed by atoms with Crippen LogP contribution in [0.2, 0.25) is 5.02 Å². The molecule has 5 nitrogen and oxygen atoms in total. The number of carbonyl (C=O) groups excluding carboxylic acids is 1. The van der Waals surface area contributed by atoms with E-state index in [1.165, 1.54) is 6.07 Å². The maximum absolute atomic E-state index is 12.8. The van der Waals surface area contributed by atoms with Crippen LogP contribution in [-0.4, -0.2) is 41.6 Å². The van der Waals surface area contributed by atoms with Crippen molar-refractivity contribution in [2.24, 2.45) is 0 Å². The molecule has 6 heteroatoms. The van der Waals surface area contributed by atoms with E-state index in [1.807, 2.05) is 58.9 Å². The molecule has 0 radical (unpaired) electrons. The lowest BCUT2D eigenvalue weighted by Gasteiger charge is -2.36. The second-order valence-corrected chi connectivity index (χ2v) is 7.61. The van der Waals surface area contributed by atoms with E-state index in [0.29, 0.717) is 18.5 Å². The average Bonchev–Trinajstić information content (AvgIpc) is 2.70. The van der Waals surface area contributed by atoms with Crippen LogP contribution in [0, 0.1) is 6.92 Å². The summed E-state index contributed by atoms with van der Waals surface area (Å²) in [6.07, 6.45) is 1.71. The van der Waals surface area contributed by atoms with E-state index in [1.54, 1.807) is 6.20 Å². The summed E-state index contributed by atoms with van der Waals surface area (Å²) in [5, 5.41) is 1.37. The summed E-state index contributed by atoms with van der Waals surface area (Å²) in [4.78, 5) is 29.1. The molecule has 0 aliphatic carbocycles. The fourth-order valence-electron chi connectivity index (χ4n) is 3.70. The number of piperazine rings is 1. The van der Waals surface area contributed by atoms with Gasteiger partial charge < -0.3 is 14.4 Å². The van der Waals surface area contributed by atoms with Crippen LogP contribution in [0.15, 0.2) is 59.5 Å². The van der Waals surface area contributed by atoms with Crippen molar-refractivity contribution in [2.45, 2.75) is 13.5 Å². The van der Waals surface area contributed by atoms with Crippen molar-refractivity contribution >= 4 is 34.1 Å². The van der Waals surface area contributed by atoms with Gasteiger partial charge in [-0.3, -0.25) is 9.59 Å². The van der Waals surface area contributed by atoms with Crippen molar-refractivity contribution in [3.8, 4) is 0 Å². The molecular weight excluding hydrogens is 374 g/mol. The molecule has 144 valence electrons. The largest absolute Gasteiger partial charge is 0.368 e. The molecule has 4 rings (SSSR count). The highest BCUT2D eigenvalue weighted by atomic mass is 35.5. The Kier molecular flexibility index (Phi) is 5.09. The number of hydrogen-bond acceptors (Lipinski definition) is 3. The first-order valence-electron chi connectivity index (χ1n) is 9.39. The highest BCUT2D eigenvalue weighted by Crippen LogP contribution is 2.21. The fraction of sp³-hybridized carbons (Fsp3) is 0.273. The Morgan fingerprint density at radius 3 is 2.57 bits per heavy atom. The van der Waals surface area contributed by atoms with Crippen molar-refractivity contribution in [2.75, 3.05) is 31.1 Å². The maximum atomic E-state index is 12.8. The van der Waals surface area contributed by atoms with E-state index >= 15 is 0 Å². The summed E-state index contributed by atoms with van der Waals surface area (Å²) in [7, 11) is 0. The maximum Gasteiger partial charge on any atom is 0.242 e. The number of anilines is 1. The van der Waals surface area contributed by atoms with Gasteiger partial charge in [-0.2, -0.15) is 0 Å². The Balaban J connectivity index is 1.46. The molecule has 1 fully saturated rings. The van der Waals surface area contributed by atoms with E-state index in [2.05, 4.69) is 4.90 Å². The van der Waals surface area contributed by atoms with Gasteiger partial charge in [-0.05, 0) is 37.3 Å². The van der Waals surface area contributed by atoms with Gasteiger partial charge in [0.15, 0.2) is 5.43 Å². The number of fused-ring (bicyclic) bond motifs is 1. The first-order chi connectivity index (χ1) is 13.5. The van der Waals surface area contributed by atoms with Crippen LogP contribution in [0.5, 0.6) is 0 Å². The molecule has 2 aromatic carbocycles. The van der Waals surface area contributed by atoms with Crippen LogP contribution < -0.4 is 10.3 Å². The molecule has 0 N–H and O–H groups in total. The molecule has 3 aromatic rings. The second-order valence-electron chi connectivity index (χ2n) is 7.18. The lowest BCUT2D eigenvalue weighted by molar-refractivity contribution is -0.132. The SMILES string of the molecule is Cc1ccc2c(c1)c(=O)ccn2CC(=O)N1CCN(c2cccc(Cl)c2)CC1. The summed E-state index contributed by atoms with van der Waals surface area (Å²) >= 11 is 6.09. The Labute approximate surface area is 168 Å². The van der Waals surface area contributed by atoms with Crippen molar-refractivity contribution in [1.29, 1.82) is 0 Å². The number of nitrogens with zero attached hydrogens (tertiary/aromatic N) is 3. The highest BCUT2D eigenvalue weighted by Gasteiger charge is 2.22. The molecule has 28 heavy (non-hydrogen) atoms. The molecule has 1 amide bonds. The Morgan fingerprint density at radius 2 is 1.82 bits per heavy atom. The smallest absolute Gasteiger partial charge is 0.242 e. The van der Waals surface area contributed by atoms with Crippen LogP contribution >= 0.6 is 11.6 Å². The lowest BCUT2D eigenvalue weighted by Crippen LogP contribution is -2.49. The number of rotatable bonds is 3. The van der Waals surface area contributed by atoms with Gasteiger partial charge in [0.25, 0.3) is 0 Å². The molecule has 0 spiro atoms. The molecule has 1 aliphatic heterocycles. The van der Waals surface area contributed by atoms with E-state index < -0.39 is 0 Å². The van der Waals surface area contributed by atoms with Crippen LogP contribution in [0.4, 0.5) is 5.69 Å². The Morgan fingerprint density at radius 1 is 1.04 bits per heavy atom. The molecule has 0 saturated carbocycles. The van der Waals surface area contributed by atoms with Crippen molar-refractivity contribution < 1.29 is 4.79 Å². The fourth-order valence-corrected chi connectivity index (χ4v) is 3.88. The van der Waals surface area contributed by atoms with Gasteiger partial charge >= 0.3 is 0 Å². The van der Waals surface area contributed by atoms with Gasteiger partial charge in [0.2, 0.25) is 5.91 Å². The summed E-state index contributed by atoms with van der Waals surface area (Å²) in [6.45, 7) is 5.08. The van der Waals surface area contributed by atoms with Gasteiger partial charge in [0.05, 0.1) is 5.52 Å². The zero-order valence-electron chi connectivity index (χ0n) is 15.8. The number of halogens is 1. The molecule has 0 bridgehead atoms. The normalized spacial score (nSPS) is 14.5. The third-order valence-electron chi connectivity index (χ3n) is 5.24. The number of aryl methyl sites for hydroxylation is 1. The molecule has 1 saturated heterocycles. The first-order valence-corrected chi connectivity index (χ1v) is 9.77.